The van der Waals surface area contributed by atoms with Crippen molar-refractivity contribution in [3.8, 4) is 0 Å². The average molecular weight is 264 g/mol. The van der Waals surface area contributed by atoms with E-state index in [1.165, 1.54) is 18.9 Å². The Morgan fingerprint density at radius 1 is 1.26 bits per heavy atom. The number of nitrogen functional groups attached to an aromatic ring is 1. The van der Waals surface area contributed by atoms with E-state index in [1.54, 1.807) is 38.1 Å². The Kier molecular flexibility index (Phi) is 4.19. The van der Waals surface area contributed by atoms with Crippen LogP contribution < -0.4 is 5.73 Å². The van der Waals surface area contributed by atoms with Crippen molar-refractivity contribution in [2.24, 2.45) is 0 Å². The summed E-state index contributed by atoms with van der Waals surface area (Å²) in [6.07, 6.45) is 0. The molecule has 0 bridgehead atoms. The summed E-state index contributed by atoms with van der Waals surface area (Å²) in [5, 5.41) is 8.96. The van der Waals surface area contributed by atoms with Crippen molar-refractivity contribution < 1.29 is 14.7 Å². The van der Waals surface area contributed by atoms with Gasteiger partial charge in [0.25, 0.3) is 0 Å². The number of anilines is 1. The Labute approximate surface area is 113 Å². The van der Waals surface area contributed by atoms with Crippen LogP contribution in [0.15, 0.2) is 24.3 Å². The van der Waals surface area contributed by atoms with Gasteiger partial charge in [0.2, 0.25) is 5.91 Å². The molecule has 1 unspecified atom stereocenters. The van der Waals surface area contributed by atoms with Crippen molar-refractivity contribution in [1.82, 2.24) is 4.90 Å². The summed E-state index contributed by atoms with van der Waals surface area (Å²) in [5.74, 6) is -1.27. The van der Waals surface area contributed by atoms with E-state index in [9.17, 15) is 9.59 Å². The third kappa shape index (κ3) is 3.05. The van der Waals surface area contributed by atoms with Gasteiger partial charge in [-0.15, -0.1) is 0 Å². The first kappa shape index (κ1) is 15.0. The smallest absolute Gasteiger partial charge is 0.326 e. The number of carbonyl (C=O) groups is 2. The lowest BCUT2D eigenvalue weighted by Crippen LogP contribution is -2.48. The van der Waals surface area contributed by atoms with Gasteiger partial charge in [0.05, 0.1) is 5.41 Å². The molecular formula is C14H20N2O3. The number of benzene rings is 1. The maximum absolute atomic E-state index is 12.4. The topological polar surface area (TPSA) is 83.6 Å². The maximum atomic E-state index is 12.4. The Hall–Kier alpha value is -2.04. The molecule has 5 nitrogen and oxygen atoms in total. The highest BCUT2D eigenvalue weighted by Gasteiger charge is 2.35. The van der Waals surface area contributed by atoms with E-state index >= 15 is 0 Å². The molecule has 0 heterocycles. The Bertz CT molecular complexity index is 480. The number of aliphatic carboxylic acids is 1. The minimum Gasteiger partial charge on any atom is -0.480 e. The van der Waals surface area contributed by atoms with Gasteiger partial charge in [-0.2, -0.15) is 0 Å². The fourth-order valence-corrected chi connectivity index (χ4v) is 1.81. The van der Waals surface area contributed by atoms with Crippen LogP contribution in [0.5, 0.6) is 0 Å². The quantitative estimate of drug-likeness (QED) is 0.807. The molecule has 1 aromatic rings. The predicted molar refractivity (Wildman–Crippen MR) is 73.7 cm³/mol. The first-order valence-corrected chi connectivity index (χ1v) is 6.04. The third-order valence-corrected chi connectivity index (χ3v) is 3.43. The molecule has 0 spiro atoms. The minimum atomic E-state index is -1.02. The second kappa shape index (κ2) is 5.30. The maximum Gasteiger partial charge on any atom is 0.326 e. The standard InChI is InChI=1S/C14H20N2O3/c1-9(12(17)18)16(4)13(19)14(2,3)10-5-7-11(15)8-6-10/h5-9H,15H2,1-4H3,(H,17,18). The number of hydrogen-bond acceptors (Lipinski definition) is 3. The van der Waals surface area contributed by atoms with Gasteiger partial charge < -0.3 is 15.7 Å². The number of carboxylic acids is 1. The molecule has 5 heteroatoms. The van der Waals surface area contributed by atoms with E-state index in [-0.39, 0.29) is 5.91 Å². The van der Waals surface area contributed by atoms with E-state index < -0.39 is 17.4 Å². The average Bonchev–Trinajstić information content (AvgIpc) is 2.36. The lowest BCUT2D eigenvalue weighted by Gasteiger charge is -2.32. The third-order valence-electron chi connectivity index (χ3n) is 3.43. The number of nitrogens with two attached hydrogens (primary N) is 1. The molecule has 0 aromatic heterocycles. The summed E-state index contributed by atoms with van der Waals surface area (Å²) in [7, 11) is 1.50. The molecule has 1 amide bonds. The molecule has 104 valence electrons. The zero-order valence-corrected chi connectivity index (χ0v) is 11.7. The fraction of sp³-hybridized carbons (Fsp3) is 0.429. The minimum absolute atomic E-state index is 0.243. The molecule has 0 radical (unpaired) electrons. The van der Waals surface area contributed by atoms with Crippen LogP contribution in [0.2, 0.25) is 0 Å². The van der Waals surface area contributed by atoms with Crippen molar-refractivity contribution in [1.29, 1.82) is 0 Å². The highest BCUT2D eigenvalue weighted by molar-refractivity contribution is 5.90. The molecule has 0 fully saturated rings. The first-order chi connectivity index (χ1) is 8.67. The molecule has 1 rings (SSSR count). The van der Waals surface area contributed by atoms with Crippen molar-refractivity contribution in [3.05, 3.63) is 29.8 Å². The second-order valence-electron chi connectivity index (χ2n) is 5.18. The molecule has 3 N–H and O–H groups in total. The number of likely N-dealkylation sites (N-methyl/N-ethyl adjacent to an activating group) is 1. The number of carboxylic acid groups (broad SMARTS) is 1. The van der Waals surface area contributed by atoms with Gasteiger partial charge in [0, 0.05) is 12.7 Å². The van der Waals surface area contributed by atoms with Crippen LogP contribution in [0, 0.1) is 0 Å². The van der Waals surface area contributed by atoms with Crippen LogP contribution in [0.3, 0.4) is 0 Å². The molecular weight excluding hydrogens is 244 g/mol. The van der Waals surface area contributed by atoms with E-state index in [0.717, 1.165) is 5.56 Å². The Morgan fingerprint density at radius 2 is 1.74 bits per heavy atom. The van der Waals surface area contributed by atoms with Crippen molar-refractivity contribution in [2.75, 3.05) is 12.8 Å². The highest BCUT2D eigenvalue weighted by atomic mass is 16.4. The molecule has 0 aliphatic heterocycles. The highest BCUT2D eigenvalue weighted by Crippen LogP contribution is 2.26. The van der Waals surface area contributed by atoms with Gasteiger partial charge >= 0.3 is 5.97 Å². The van der Waals surface area contributed by atoms with Gasteiger partial charge in [-0.1, -0.05) is 12.1 Å². The summed E-state index contributed by atoms with van der Waals surface area (Å²) in [5.41, 5.74) is 6.25. The lowest BCUT2D eigenvalue weighted by molar-refractivity contribution is -0.150. The zero-order valence-electron chi connectivity index (χ0n) is 11.7. The van der Waals surface area contributed by atoms with E-state index in [0.29, 0.717) is 5.69 Å². The summed E-state index contributed by atoms with van der Waals surface area (Å²) in [6, 6.07) is 6.16. The molecule has 0 aliphatic rings. The van der Waals surface area contributed by atoms with Crippen LogP contribution in [0.1, 0.15) is 26.3 Å². The van der Waals surface area contributed by atoms with Gasteiger partial charge in [-0.05, 0) is 38.5 Å². The van der Waals surface area contributed by atoms with E-state index in [4.69, 9.17) is 10.8 Å². The Balaban J connectivity index is 3.02. The second-order valence-corrected chi connectivity index (χ2v) is 5.18. The van der Waals surface area contributed by atoms with E-state index in [2.05, 4.69) is 0 Å². The van der Waals surface area contributed by atoms with Crippen molar-refractivity contribution in [3.63, 3.8) is 0 Å². The van der Waals surface area contributed by atoms with Crippen molar-refractivity contribution >= 4 is 17.6 Å². The van der Waals surface area contributed by atoms with Gasteiger partial charge in [-0.3, -0.25) is 4.79 Å². The monoisotopic (exact) mass is 264 g/mol. The summed E-state index contributed by atoms with van der Waals surface area (Å²) in [6.45, 7) is 5.02. The summed E-state index contributed by atoms with van der Waals surface area (Å²) >= 11 is 0. The molecule has 1 atom stereocenters. The molecule has 19 heavy (non-hydrogen) atoms. The number of rotatable bonds is 4. The first-order valence-electron chi connectivity index (χ1n) is 6.04. The van der Waals surface area contributed by atoms with Crippen LogP contribution in [-0.2, 0) is 15.0 Å². The van der Waals surface area contributed by atoms with Crippen LogP contribution in [0.4, 0.5) is 5.69 Å². The van der Waals surface area contributed by atoms with Gasteiger partial charge in [0.15, 0.2) is 0 Å². The molecule has 0 saturated carbocycles. The fourth-order valence-electron chi connectivity index (χ4n) is 1.81. The van der Waals surface area contributed by atoms with Gasteiger partial charge in [-0.25, -0.2) is 4.79 Å². The number of nitrogens with zero attached hydrogens (tertiary/aromatic N) is 1. The van der Waals surface area contributed by atoms with Crippen LogP contribution in [-0.4, -0.2) is 35.0 Å². The SMILES string of the molecule is CC(C(=O)O)N(C)C(=O)C(C)(C)c1ccc(N)cc1. The van der Waals surface area contributed by atoms with Gasteiger partial charge in [0.1, 0.15) is 6.04 Å². The zero-order chi connectivity index (χ0) is 14.8. The predicted octanol–water partition coefficient (Wildman–Crippen LogP) is 1.48. The lowest BCUT2D eigenvalue weighted by atomic mass is 9.83. The largest absolute Gasteiger partial charge is 0.480 e. The summed E-state index contributed by atoms with van der Waals surface area (Å²) in [4.78, 5) is 24.6. The number of hydrogen-bond donors (Lipinski definition) is 2. The number of carbonyl (C=O) groups excluding carboxylic acids is 1. The van der Waals surface area contributed by atoms with Crippen molar-refractivity contribution in [2.45, 2.75) is 32.2 Å². The Morgan fingerprint density at radius 3 is 2.16 bits per heavy atom. The number of amides is 1. The van der Waals surface area contributed by atoms with Crippen LogP contribution in [0.25, 0.3) is 0 Å². The molecule has 1 aromatic carbocycles. The molecule has 0 saturated heterocycles. The normalized spacial score (nSPS) is 12.8. The van der Waals surface area contributed by atoms with E-state index in [1.807, 2.05) is 0 Å². The molecule has 0 aliphatic carbocycles. The van der Waals surface area contributed by atoms with Crippen LogP contribution >= 0.6 is 0 Å². The summed E-state index contributed by atoms with van der Waals surface area (Å²) < 4.78 is 0.